The maximum atomic E-state index is 11.2. The van der Waals surface area contributed by atoms with Crippen molar-refractivity contribution in [1.82, 2.24) is 0 Å². The van der Waals surface area contributed by atoms with Crippen LogP contribution in [0.5, 0.6) is 5.75 Å². The summed E-state index contributed by atoms with van der Waals surface area (Å²) in [5.41, 5.74) is 0.806. The largest absolute Gasteiger partial charge is 0.496 e. The van der Waals surface area contributed by atoms with Gasteiger partial charge in [-0.25, -0.2) is 0 Å². The number of ketones is 1. The van der Waals surface area contributed by atoms with Gasteiger partial charge in [-0.3, -0.25) is 9.59 Å². The number of halogens is 1. The summed E-state index contributed by atoms with van der Waals surface area (Å²) in [5, 5.41) is 0. The van der Waals surface area contributed by atoms with Gasteiger partial charge in [-0.15, -0.1) is 0 Å². The van der Waals surface area contributed by atoms with Crippen LogP contribution in [-0.2, 0) is 0 Å². The normalized spacial score (nSPS) is 9.64. The Hall–Kier alpha value is -0.910. The molecule has 0 atom stereocenters. The quantitative estimate of drug-likeness (QED) is 0.489. The van der Waals surface area contributed by atoms with Gasteiger partial charge >= 0.3 is 0 Å². The van der Waals surface area contributed by atoms with Crippen LogP contribution in [0.2, 0.25) is 0 Å². The Morgan fingerprint density at radius 1 is 1.50 bits per heavy atom. The van der Waals surface area contributed by atoms with E-state index in [9.17, 15) is 9.59 Å². The topological polar surface area (TPSA) is 43.4 Å². The minimum absolute atomic E-state index is 0.118. The SMILES string of the molecule is COc1cc(C=O)c(C(C)=O)cc1I. The summed E-state index contributed by atoms with van der Waals surface area (Å²) in [6.07, 6.45) is 0.662. The van der Waals surface area contributed by atoms with Crippen molar-refractivity contribution in [3.63, 3.8) is 0 Å². The molecule has 0 N–H and O–H groups in total. The summed E-state index contributed by atoms with van der Waals surface area (Å²) in [5.74, 6) is 0.491. The average molecular weight is 304 g/mol. The lowest BCUT2D eigenvalue weighted by atomic mass is 10.1. The van der Waals surface area contributed by atoms with Crippen LogP contribution in [0.3, 0.4) is 0 Å². The number of ether oxygens (including phenoxy) is 1. The van der Waals surface area contributed by atoms with Gasteiger partial charge in [-0.1, -0.05) is 0 Å². The van der Waals surface area contributed by atoms with E-state index in [-0.39, 0.29) is 5.78 Å². The van der Waals surface area contributed by atoms with Crippen molar-refractivity contribution in [2.24, 2.45) is 0 Å². The zero-order valence-electron chi connectivity index (χ0n) is 7.83. The summed E-state index contributed by atoms with van der Waals surface area (Å²) in [7, 11) is 1.53. The highest BCUT2D eigenvalue weighted by molar-refractivity contribution is 14.1. The lowest BCUT2D eigenvalue weighted by Gasteiger charge is -2.06. The highest BCUT2D eigenvalue weighted by Gasteiger charge is 2.11. The van der Waals surface area contributed by atoms with Gasteiger partial charge in [0.2, 0.25) is 0 Å². The molecule has 0 aliphatic heterocycles. The van der Waals surface area contributed by atoms with E-state index in [1.54, 1.807) is 12.1 Å². The Bertz CT molecular complexity index is 385. The molecule has 0 radical (unpaired) electrons. The van der Waals surface area contributed by atoms with Crippen molar-refractivity contribution in [3.8, 4) is 5.75 Å². The number of Topliss-reactive ketones (excluding diaryl/α,β-unsaturated/α-hetero) is 1. The number of methoxy groups -OCH3 is 1. The first-order chi connectivity index (χ1) is 6.60. The molecule has 0 aliphatic rings. The van der Waals surface area contributed by atoms with E-state index in [1.807, 2.05) is 0 Å². The van der Waals surface area contributed by atoms with E-state index in [4.69, 9.17) is 4.74 Å². The number of rotatable bonds is 3. The molecule has 0 bridgehead atoms. The molecule has 0 spiro atoms. The monoisotopic (exact) mass is 304 g/mol. The molecule has 0 saturated carbocycles. The molecule has 0 fully saturated rings. The Balaban J connectivity index is 3.38. The molecule has 1 aromatic rings. The third-order valence-electron chi connectivity index (χ3n) is 1.83. The van der Waals surface area contributed by atoms with Gasteiger partial charge in [0.25, 0.3) is 0 Å². The number of hydrogen-bond donors (Lipinski definition) is 0. The molecule has 3 nitrogen and oxygen atoms in total. The fourth-order valence-electron chi connectivity index (χ4n) is 1.13. The Kier molecular flexibility index (Phi) is 3.62. The number of carbonyl (C=O) groups excluding carboxylic acids is 2. The molecular formula is C10H9IO3. The summed E-state index contributed by atoms with van der Waals surface area (Å²) >= 11 is 2.06. The third-order valence-corrected chi connectivity index (χ3v) is 2.67. The first-order valence-electron chi connectivity index (χ1n) is 3.93. The fraction of sp³-hybridized carbons (Fsp3) is 0.200. The average Bonchev–Trinajstić information content (AvgIpc) is 2.17. The second kappa shape index (κ2) is 4.54. The standard InChI is InChI=1S/C10H9IO3/c1-6(13)8-4-9(11)10(14-2)3-7(8)5-12/h3-5H,1-2H3. The first-order valence-corrected chi connectivity index (χ1v) is 5.01. The molecule has 0 amide bonds. The van der Waals surface area contributed by atoms with Crippen LogP contribution in [0.15, 0.2) is 12.1 Å². The van der Waals surface area contributed by atoms with E-state index in [1.165, 1.54) is 14.0 Å². The third kappa shape index (κ3) is 2.12. The minimum Gasteiger partial charge on any atom is -0.496 e. The number of benzene rings is 1. The molecule has 4 heteroatoms. The van der Waals surface area contributed by atoms with Gasteiger partial charge < -0.3 is 4.74 Å². The number of carbonyl (C=O) groups is 2. The van der Waals surface area contributed by atoms with Gasteiger partial charge in [0.05, 0.1) is 10.7 Å². The molecule has 0 heterocycles. The molecule has 0 unspecified atom stereocenters. The lowest BCUT2D eigenvalue weighted by molar-refractivity contribution is 0.100. The molecule has 0 saturated heterocycles. The molecule has 1 rings (SSSR count). The van der Waals surface area contributed by atoms with Crippen molar-refractivity contribution in [2.45, 2.75) is 6.92 Å². The molecular weight excluding hydrogens is 295 g/mol. The second-order valence-electron chi connectivity index (χ2n) is 2.75. The smallest absolute Gasteiger partial charge is 0.160 e. The van der Waals surface area contributed by atoms with Crippen LogP contribution < -0.4 is 4.74 Å². The first kappa shape index (κ1) is 11.2. The van der Waals surface area contributed by atoms with Crippen LogP contribution in [0, 0.1) is 3.57 Å². The summed E-state index contributed by atoms with van der Waals surface area (Å²) in [6, 6.07) is 3.23. The number of aldehydes is 1. The minimum atomic E-state index is -0.118. The van der Waals surface area contributed by atoms with E-state index in [0.717, 1.165) is 3.57 Å². The van der Waals surface area contributed by atoms with Crippen LogP contribution >= 0.6 is 22.6 Å². The molecule has 74 valence electrons. The van der Waals surface area contributed by atoms with Crippen molar-refractivity contribution >= 4 is 34.7 Å². The van der Waals surface area contributed by atoms with E-state index < -0.39 is 0 Å². The van der Waals surface area contributed by atoms with Crippen LogP contribution in [0.25, 0.3) is 0 Å². The van der Waals surface area contributed by atoms with Crippen LogP contribution in [0.4, 0.5) is 0 Å². The van der Waals surface area contributed by atoms with Crippen LogP contribution in [0.1, 0.15) is 27.6 Å². The van der Waals surface area contributed by atoms with E-state index >= 15 is 0 Å². The fourth-order valence-corrected chi connectivity index (χ4v) is 1.82. The highest BCUT2D eigenvalue weighted by Crippen LogP contribution is 2.24. The Labute approximate surface area is 95.6 Å². The maximum Gasteiger partial charge on any atom is 0.160 e. The van der Waals surface area contributed by atoms with Gasteiger partial charge in [-0.2, -0.15) is 0 Å². The van der Waals surface area contributed by atoms with Crippen molar-refractivity contribution in [1.29, 1.82) is 0 Å². The predicted octanol–water partition coefficient (Wildman–Crippen LogP) is 2.31. The molecule has 1 aromatic carbocycles. The summed E-state index contributed by atoms with van der Waals surface area (Å²) in [4.78, 5) is 21.9. The summed E-state index contributed by atoms with van der Waals surface area (Å²) in [6.45, 7) is 1.44. The van der Waals surface area contributed by atoms with Gasteiger partial charge in [0.15, 0.2) is 12.1 Å². The van der Waals surface area contributed by atoms with Crippen molar-refractivity contribution < 1.29 is 14.3 Å². The molecule has 14 heavy (non-hydrogen) atoms. The maximum absolute atomic E-state index is 11.2. The predicted molar refractivity (Wildman–Crippen MR) is 61.1 cm³/mol. The van der Waals surface area contributed by atoms with Crippen molar-refractivity contribution in [3.05, 3.63) is 26.8 Å². The lowest BCUT2D eigenvalue weighted by Crippen LogP contribution is -2.01. The van der Waals surface area contributed by atoms with E-state index in [0.29, 0.717) is 23.2 Å². The summed E-state index contributed by atoms with van der Waals surface area (Å²) < 4.78 is 5.86. The zero-order chi connectivity index (χ0) is 10.7. The van der Waals surface area contributed by atoms with Gasteiger partial charge in [0.1, 0.15) is 5.75 Å². The zero-order valence-corrected chi connectivity index (χ0v) is 9.99. The highest BCUT2D eigenvalue weighted by atomic mass is 127. The van der Waals surface area contributed by atoms with Gasteiger partial charge in [0, 0.05) is 11.1 Å². The van der Waals surface area contributed by atoms with Crippen molar-refractivity contribution in [2.75, 3.05) is 7.11 Å². The van der Waals surface area contributed by atoms with Crippen LogP contribution in [-0.4, -0.2) is 19.2 Å². The molecule has 0 aromatic heterocycles. The second-order valence-corrected chi connectivity index (χ2v) is 3.91. The van der Waals surface area contributed by atoms with E-state index in [2.05, 4.69) is 22.6 Å². The molecule has 0 aliphatic carbocycles. The Morgan fingerprint density at radius 2 is 2.14 bits per heavy atom. The number of hydrogen-bond acceptors (Lipinski definition) is 3. The Morgan fingerprint density at radius 3 is 2.57 bits per heavy atom. The van der Waals surface area contributed by atoms with Gasteiger partial charge in [-0.05, 0) is 41.6 Å².